The minimum atomic E-state index is 0.397. The van der Waals surface area contributed by atoms with E-state index in [1.807, 2.05) is 13.1 Å². The Hall–Kier alpha value is -1.29. The number of nitrogens with zero attached hydrogens (tertiary/aromatic N) is 1. The molecule has 1 unspecified atom stereocenters. The zero-order valence-corrected chi connectivity index (χ0v) is 9.77. The third-order valence-electron chi connectivity index (χ3n) is 2.17. The van der Waals surface area contributed by atoms with E-state index in [0.717, 1.165) is 18.1 Å². The molecule has 0 aromatic carbocycles. The van der Waals surface area contributed by atoms with Gasteiger partial charge < -0.3 is 10.3 Å². The first kappa shape index (κ1) is 10.2. The van der Waals surface area contributed by atoms with Gasteiger partial charge >= 0.3 is 0 Å². The molecule has 0 saturated carbocycles. The van der Waals surface area contributed by atoms with E-state index in [0.29, 0.717) is 6.04 Å². The van der Waals surface area contributed by atoms with Gasteiger partial charge in [-0.1, -0.05) is 6.07 Å². The molecular weight excluding hydrogens is 206 g/mol. The van der Waals surface area contributed by atoms with Gasteiger partial charge in [-0.3, -0.25) is 0 Å². The van der Waals surface area contributed by atoms with Gasteiger partial charge in [0.05, 0.1) is 0 Å². The Labute approximate surface area is 93.6 Å². The van der Waals surface area contributed by atoms with Crippen molar-refractivity contribution in [2.45, 2.75) is 26.3 Å². The normalized spacial score (nSPS) is 12.7. The minimum Gasteiger partial charge on any atom is -0.353 e. The zero-order valence-electron chi connectivity index (χ0n) is 8.95. The van der Waals surface area contributed by atoms with Crippen LogP contribution in [0.25, 0.3) is 0 Å². The summed E-state index contributed by atoms with van der Waals surface area (Å²) in [6.07, 6.45) is 2.87. The van der Waals surface area contributed by atoms with Crippen LogP contribution in [-0.4, -0.2) is 16.0 Å². The number of aromatic amines is 1. The van der Waals surface area contributed by atoms with E-state index in [1.165, 1.54) is 4.88 Å². The molecule has 0 aliphatic heterocycles. The van der Waals surface area contributed by atoms with Crippen LogP contribution in [0.1, 0.15) is 17.5 Å². The van der Waals surface area contributed by atoms with E-state index in [9.17, 15) is 0 Å². The molecule has 3 nitrogen and oxygen atoms in total. The van der Waals surface area contributed by atoms with Gasteiger partial charge in [-0.05, 0) is 25.3 Å². The van der Waals surface area contributed by atoms with Crippen molar-refractivity contribution in [3.05, 3.63) is 34.3 Å². The Morgan fingerprint density at radius 2 is 2.47 bits per heavy atom. The molecule has 0 spiro atoms. The molecule has 15 heavy (non-hydrogen) atoms. The number of imidazole rings is 1. The van der Waals surface area contributed by atoms with Crippen LogP contribution in [0.2, 0.25) is 0 Å². The first-order valence-corrected chi connectivity index (χ1v) is 5.92. The minimum absolute atomic E-state index is 0.397. The van der Waals surface area contributed by atoms with Crippen LogP contribution in [-0.2, 0) is 6.42 Å². The molecule has 1 atom stereocenters. The van der Waals surface area contributed by atoms with Crippen LogP contribution in [0, 0.1) is 6.92 Å². The average molecular weight is 221 g/mol. The Bertz CT molecular complexity index is 405. The number of aromatic nitrogens is 2. The van der Waals surface area contributed by atoms with Gasteiger partial charge in [0.2, 0.25) is 5.95 Å². The Morgan fingerprint density at radius 1 is 1.60 bits per heavy atom. The van der Waals surface area contributed by atoms with Crippen molar-refractivity contribution in [1.82, 2.24) is 9.97 Å². The third kappa shape index (κ3) is 2.83. The highest BCUT2D eigenvalue weighted by atomic mass is 32.1. The van der Waals surface area contributed by atoms with Gasteiger partial charge in [-0.25, -0.2) is 4.98 Å². The molecule has 2 rings (SSSR count). The number of H-pyrrole nitrogens is 1. The van der Waals surface area contributed by atoms with Crippen molar-refractivity contribution in [3.8, 4) is 0 Å². The number of anilines is 1. The monoisotopic (exact) mass is 221 g/mol. The highest BCUT2D eigenvalue weighted by Crippen LogP contribution is 2.13. The van der Waals surface area contributed by atoms with Crippen molar-refractivity contribution in [2.24, 2.45) is 0 Å². The largest absolute Gasteiger partial charge is 0.353 e. The Morgan fingerprint density at radius 3 is 3.07 bits per heavy atom. The lowest BCUT2D eigenvalue weighted by Gasteiger charge is -2.11. The van der Waals surface area contributed by atoms with E-state index in [1.54, 1.807) is 11.3 Å². The maximum atomic E-state index is 4.22. The molecule has 2 N–H and O–H groups in total. The molecule has 2 aromatic heterocycles. The van der Waals surface area contributed by atoms with Crippen molar-refractivity contribution in [2.75, 3.05) is 5.32 Å². The Balaban J connectivity index is 1.90. The first-order chi connectivity index (χ1) is 7.24. The maximum Gasteiger partial charge on any atom is 0.200 e. The maximum absolute atomic E-state index is 4.22. The summed E-state index contributed by atoms with van der Waals surface area (Å²) in [4.78, 5) is 8.79. The summed E-state index contributed by atoms with van der Waals surface area (Å²) in [7, 11) is 0. The molecule has 0 fully saturated rings. The molecule has 4 heteroatoms. The van der Waals surface area contributed by atoms with E-state index in [-0.39, 0.29) is 0 Å². The van der Waals surface area contributed by atoms with Gasteiger partial charge in [-0.15, -0.1) is 11.3 Å². The molecule has 2 heterocycles. The summed E-state index contributed by atoms with van der Waals surface area (Å²) in [6.45, 7) is 4.17. The van der Waals surface area contributed by atoms with Crippen LogP contribution in [0.5, 0.6) is 0 Å². The van der Waals surface area contributed by atoms with E-state index >= 15 is 0 Å². The van der Waals surface area contributed by atoms with Gasteiger partial charge in [0.25, 0.3) is 0 Å². The summed E-state index contributed by atoms with van der Waals surface area (Å²) in [5.74, 6) is 0.858. The topological polar surface area (TPSA) is 40.7 Å². The van der Waals surface area contributed by atoms with E-state index in [2.05, 4.69) is 39.7 Å². The summed E-state index contributed by atoms with van der Waals surface area (Å²) in [5, 5.41) is 5.45. The second-order valence-electron chi connectivity index (χ2n) is 3.74. The van der Waals surface area contributed by atoms with Crippen LogP contribution in [0.3, 0.4) is 0 Å². The van der Waals surface area contributed by atoms with Gasteiger partial charge in [-0.2, -0.15) is 0 Å². The number of thiophene rings is 1. The fourth-order valence-corrected chi connectivity index (χ4v) is 2.34. The van der Waals surface area contributed by atoms with Crippen LogP contribution in [0.4, 0.5) is 5.95 Å². The van der Waals surface area contributed by atoms with E-state index < -0.39 is 0 Å². The fraction of sp³-hybridized carbons (Fsp3) is 0.364. The highest BCUT2D eigenvalue weighted by molar-refractivity contribution is 7.09. The average Bonchev–Trinajstić information content (AvgIpc) is 2.77. The molecule has 0 radical (unpaired) electrons. The number of rotatable bonds is 4. The molecule has 80 valence electrons. The van der Waals surface area contributed by atoms with Gasteiger partial charge in [0.1, 0.15) is 0 Å². The molecular formula is C11H15N3S. The quantitative estimate of drug-likeness (QED) is 0.833. The van der Waals surface area contributed by atoms with E-state index in [4.69, 9.17) is 0 Å². The molecule has 0 amide bonds. The van der Waals surface area contributed by atoms with Crippen LogP contribution in [0.15, 0.2) is 23.7 Å². The molecule has 0 aliphatic carbocycles. The zero-order chi connectivity index (χ0) is 10.7. The van der Waals surface area contributed by atoms with Crippen LogP contribution < -0.4 is 5.32 Å². The number of aryl methyl sites for hydroxylation is 1. The lowest BCUT2D eigenvalue weighted by molar-refractivity contribution is 0.789. The molecule has 0 aliphatic rings. The molecule has 0 saturated heterocycles. The summed E-state index contributed by atoms with van der Waals surface area (Å²) in [5.41, 5.74) is 1.08. The molecule has 2 aromatic rings. The standard InChI is InChI=1S/C11H15N3S/c1-8(6-10-4-3-5-15-10)13-11-12-7-9(2)14-11/h3-5,7-8H,6H2,1-2H3,(H2,12,13,14). The third-order valence-corrected chi connectivity index (χ3v) is 3.07. The lowest BCUT2D eigenvalue weighted by Crippen LogP contribution is -2.18. The molecule has 0 bridgehead atoms. The second kappa shape index (κ2) is 4.49. The second-order valence-corrected chi connectivity index (χ2v) is 4.78. The van der Waals surface area contributed by atoms with Crippen molar-refractivity contribution >= 4 is 17.3 Å². The predicted octanol–water partition coefficient (Wildman–Crippen LogP) is 2.82. The number of hydrogen-bond acceptors (Lipinski definition) is 3. The SMILES string of the molecule is Cc1cnc(NC(C)Cc2cccs2)[nH]1. The Kier molecular flexibility index (Phi) is 3.06. The van der Waals surface area contributed by atoms with Crippen molar-refractivity contribution in [3.63, 3.8) is 0 Å². The van der Waals surface area contributed by atoms with Gasteiger partial charge in [0, 0.05) is 29.2 Å². The summed E-state index contributed by atoms with van der Waals surface area (Å²) < 4.78 is 0. The van der Waals surface area contributed by atoms with Crippen molar-refractivity contribution in [1.29, 1.82) is 0 Å². The van der Waals surface area contributed by atoms with Gasteiger partial charge in [0.15, 0.2) is 0 Å². The lowest BCUT2D eigenvalue weighted by atomic mass is 10.2. The smallest absolute Gasteiger partial charge is 0.200 e. The predicted molar refractivity (Wildman–Crippen MR) is 64.4 cm³/mol. The fourth-order valence-electron chi connectivity index (χ4n) is 1.50. The van der Waals surface area contributed by atoms with Crippen molar-refractivity contribution < 1.29 is 0 Å². The number of hydrogen-bond donors (Lipinski definition) is 2. The first-order valence-electron chi connectivity index (χ1n) is 5.04. The number of nitrogens with one attached hydrogen (secondary N) is 2. The summed E-state index contributed by atoms with van der Waals surface area (Å²) >= 11 is 1.80. The highest BCUT2D eigenvalue weighted by Gasteiger charge is 2.05. The summed E-state index contributed by atoms with van der Waals surface area (Å²) in [6, 6.07) is 4.65. The van der Waals surface area contributed by atoms with Crippen LogP contribution >= 0.6 is 11.3 Å².